The first-order valence-corrected chi connectivity index (χ1v) is 3.98. The molecule has 2 fully saturated rings. The fraction of sp³-hybridized carbons (Fsp3) is 1.00. The van der Waals surface area contributed by atoms with Crippen LogP contribution in [0.5, 0.6) is 0 Å². The molecule has 1 saturated carbocycles. The predicted molar refractivity (Wildman–Crippen MR) is 37.7 cm³/mol. The minimum Gasteiger partial charge on any atom is -0.396 e. The summed E-state index contributed by atoms with van der Waals surface area (Å²) in [6.07, 6.45) is 2.23. The Bertz CT molecular complexity index is 146. The van der Waals surface area contributed by atoms with Crippen molar-refractivity contribution in [2.45, 2.75) is 25.4 Å². The molecule has 3 atom stereocenters. The van der Waals surface area contributed by atoms with Crippen LogP contribution >= 0.6 is 0 Å². The highest BCUT2D eigenvalue weighted by molar-refractivity contribution is 4.97. The van der Waals surface area contributed by atoms with Crippen LogP contribution in [0.1, 0.15) is 19.8 Å². The minimum absolute atomic E-state index is 0.123. The fourth-order valence-corrected chi connectivity index (χ4v) is 2.36. The van der Waals surface area contributed by atoms with Crippen molar-refractivity contribution in [2.24, 2.45) is 11.8 Å². The van der Waals surface area contributed by atoms with Gasteiger partial charge in [-0.25, -0.2) is 0 Å². The van der Waals surface area contributed by atoms with Crippen molar-refractivity contribution in [3.8, 4) is 0 Å². The van der Waals surface area contributed by atoms with Crippen molar-refractivity contribution >= 4 is 0 Å². The second-order valence-corrected chi connectivity index (χ2v) is 3.87. The molecule has 10 heavy (non-hydrogen) atoms. The molecule has 2 rings (SSSR count). The van der Waals surface area contributed by atoms with E-state index in [9.17, 15) is 0 Å². The molecule has 1 N–H and O–H groups in total. The normalized spacial score (nSPS) is 52.2. The van der Waals surface area contributed by atoms with E-state index in [1.807, 2.05) is 0 Å². The summed E-state index contributed by atoms with van der Waals surface area (Å²) in [4.78, 5) is 0. The standard InChI is InChI=1S/C8H14O2/c1-8-2-6(4-9)7(3-8)5-10-8/h6-7,9H,2-5H2,1H3. The molecule has 0 amide bonds. The molecule has 2 bridgehead atoms. The second kappa shape index (κ2) is 1.95. The van der Waals surface area contributed by atoms with Gasteiger partial charge in [-0.3, -0.25) is 0 Å². The maximum Gasteiger partial charge on any atom is 0.0661 e. The van der Waals surface area contributed by atoms with E-state index < -0.39 is 0 Å². The van der Waals surface area contributed by atoms with Crippen LogP contribution < -0.4 is 0 Å². The third-order valence-corrected chi connectivity index (χ3v) is 2.94. The number of ether oxygens (including phenoxy) is 1. The molecule has 1 saturated heterocycles. The lowest BCUT2D eigenvalue weighted by Crippen LogP contribution is -2.27. The molecule has 58 valence electrons. The van der Waals surface area contributed by atoms with Crippen molar-refractivity contribution < 1.29 is 9.84 Å². The van der Waals surface area contributed by atoms with Crippen LogP contribution in [0.3, 0.4) is 0 Å². The van der Waals surface area contributed by atoms with E-state index in [2.05, 4.69) is 6.92 Å². The quantitative estimate of drug-likeness (QED) is 0.586. The number of aliphatic hydroxyl groups excluding tert-OH is 1. The summed E-state index contributed by atoms with van der Waals surface area (Å²) in [6.45, 7) is 3.38. The molecule has 2 nitrogen and oxygen atoms in total. The van der Waals surface area contributed by atoms with Gasteiger partial charge >= 0.3 is 0 Å². The molecule has 0 radical (unpaired) electrons. The van der Waals surface area contributed by atoms with E-state index in [1.54, 1.807) is 0 Å². The van der Waals surface area contributed by atoms with E-state index in [4.69, 9.17) is 9.84 Å². The number of aliphatic hydroxyl groups is 1. The van der Waals surface area contributed by atoms with E-state index in [1.165, 1.54) is 0 Å². The zero-order valence-electron chi connectivity index (χ0n) is 6.34. The van der Waals surface area contributed by atoms with Crippen molar-refractivity contribution in [3.63, 3.8) is 0 Å². The largest absolute Gasteiger partial charge is 0.396 e. The number of rotatable bonds is 1. The van der Waals surface area contributed by atoms with Crippen molar-refractivity contribution in [1.82, 2.24) is 0 Å². The minimum atomic E-state index is 0.123. The smallest absolute Gasteiger partial charge is 0.0661 e. The lowest BCUT2D eigenvalue weighted by Gasteiger charge is -2.25. The van der Waals surface area contributed by atoms with Gasteiger partial charge < -0.3 is 9.84 Å². The molecular formula is C8H14O2. The number of hydrogen-bond donors (Lipinski definition) is 1. The molecule has 2 heteroatoms. The van der Waals surface area contributed by atoms with Crippen molar-refractivity contribution in [3.05, 3.63) is 0 Å². The Morgan fingerprint density at radius 1 is 1.60 bits per heavy atom. The van der Waals surface area contributed by atoms with Crippen LogP contribution in [0, 0.1) is 11.8 Å². The molecule has 1 aliphatic carbocycles. The van der Waals surface area contributed by atoms with Gasteiger partial charge in [0.2, 0.25) is 0 Å². The predicted octanol–water partition coefficient (Wildman–Crippen LogP) is 0.794. The summed E-state index contributed by atoms with van der Waals surface area (Å²) < 4.78 is 5.56. The van der Waals surface area contributed by atoms with Gasteiger partial charge in [-0.15, -0.1) is 0 Å². The van der Waals surface area contributed by atoms with Crippen LogP contribution in [0.4, 0.5) is 0 Å². The van der Waals surface area contributed by atoms with Crippen LogP contribution in [0.25, 0.3) is 0 Å². The Morgan fingerprint density at radius 2 is 2.40 bits per heavy atom. The topological polar surface area (TPSA) is 29.5 Å². The van der Waals surface area contributed by atoms with Crippen LogP contribution in [0.15, 0.2) is 0 Å². The average Bonchev–Trinajstić information content (AvgIpc) is 2.41. The van der Waals surface area contributed by atoms with Gasteiger partial charge in [-0.1, -0.05) is 0 Å². The molecule has 1 heterocycles. The first-order valence-electron chi connectivity index (χ1n) is 3.98. The summed E-state index contributed by atoms with van der Waals surface area (Å²) in [7, 11) is 0. The lowest BCUT2D eigenvalue weighted by atomic mass is 9.97. The summed E-state index contributed by atoms with van der Waals surface area (Å²) >= 11 is 0. The Hall–Kier alpha value is -0.0800. The SMILES string of the molecule is CC12CC(CO)C(CO1)C2. The van der Waals surface area contributed by atoms with Gasteiger partial charge in [0.05, 0.1) is 12.2 Å². The van der Waals surface area contributed by atoms with E-state index >= 15 is 0 Å². The lowest BCUT2D eigenvalue weighted by molar-refractivity contribution is -0.0293. The summed E-state index contributed by atoms with van der Waals surface area (Å²) in [6, 6.07) is 0. The summed E-state index contributed by atoms with van der Waals surface area (Å²) in [5.74, 6) is 1.17. The number of hydrogen-bond acceptors (Lipinski definition) is 2. The Balaban J connectivity index is 2.10. The monoisotopic (exact) mass is 142 g/mol. The second-order valence-electron chi connectivity index (χ2n) is 3.87. The maximum absolute atomic E-state index is 8.95. The van der Waals surface area contributed by atoms with E-state index in [0.29, 0.717) is 18.4 Å². The van der Waals surface area contributed by atoms with Crippen LogP contribution in [-0.4, -0.2) is 23.9 Å². The number of fused-ring (bicyclic) bond motifs is 2. The first-order chi connectivity index (χ1) is 4.73. The van der Waals surface area contributed by atoms with Crippen LogP contribution in [-0.2, 0) is 4.74 Å². The third kappa shape index (κ3) is 0.789. The fourth-order valence-electron chi connectivity index (χ4n) is 2.36. The van der Waals surface area contributed by atoms with Gasteiger partial charge in [0.1, 0.15) is 0 Å². The molecule has 3 unspecified atom stereocenters. The van der Waals surface area contributed by atoms with Gasteiger partial charge in [0, 0.05) is 6.61 Å². The van der Waals surface area contributed by atoms with Gasteiger partial charge in [0.25, 0.3) is 0 Å². The van der Waals surface area contributed by atoms with Crippen molar-refractivity contribution in [2.75, 3.05) is 13.2 Å². The van der Waals surface area contributed by atoms with Gasteiger partial charge in [-0.2, -0.15) is 0 Å². The highest BCUT2D eigenvalue weighted by Crippen LogP contribution is 2.47. The molecule has 2 aliphatic rings. The molecule has 1 aliphatic heterocycles. The zero-order chi connectivity index (χ0) is 7.19. The average molecular weight is 142 g/mol. The highest BCUT2D eigenvalue weighted by Gasteiger charge is 2.48. The van der Waals surface area contributed by atoms with Crippen LogP contribution in [0.2, 0.25) is 0 Å². The van der Waals surface area contributed by atoms with Crippen molar-refractivity contribution in [1.29, 1.82) is 0 Å². The molecule has 0 spiro atoms. The molecule has 0 aromatic carbocycles. The van der Waals surface area contributed by atoms with E-state index in [0.717, 1.165) is 19.4 Å². The molecule has 0 aromatic heterocycles. The Morgan fingerprint density at radius 3 is 2.70 bits per heavy atom. The van der Waals surface area contributed by atoms with Gasteiger partial charge in [0.15, 0.2) is 0 Å². The maximum atomic E-state index is 8.95. The van der Waals surface area contributed by atoms with E-state index in [-0.39, 0.29) is 5.60 Å². The highest BCUT2D eigenvalue weighted by atomic mass is 16.5. The zero-order valence-corrected chi connectivity index (χ0v) is 6.34. The molecular weight excluding hydrogens is 128 g/mol. The third-order valence-electron chi connectivity index (χ3n) is 2.94. The molecule has 0 aromatic rings. The van der Waals surface area contributed by atoms with Gasteiger partial charge in [-0.05, 0) is 31.6 Å². The Kier molecular flexibility index (Phi) is 1.29. The summed E-state index contributed by atoms with van der Waals surface area (Å²) in [5, 5.41) is 8.95. The summed E-state index contributed by atoms with van der Waals surface area (Å²) in [5.41, 5.74) is 0.123. The first kappa shape index (κ1) is 6.62. The Labute approximate surface area is 61.2 Å².